The fraction of sp³-hybridized carbons (Fsp3) is 0.0714. The van der Waals surface area contributed by atoms with Crippen molar-refractivity contribution in [3.05, 3.63) is 48.9 Å². The van der Waals surface area contributed by atoms with Gasteiger partial charge in [0.25, 0.3) is 0 Å². The zero-order valence-corrected chi connectivity index (χ0v) is 10.7. The monoisotopic (exact) mass is 271 g/mol. The molecule has 0 spiro atoms. The highest BCUT2D eigenvalue weighted by Crippen LogP contribution is 2.21. The number of alkyl halides is 1. The van der Waals surface area contributed by atoms with Crippen LogP contribution in [0.3, 0.4) is 0 Å². The maximum atomic E-state index is 5.53. The molecule has 3 aromatic rings. The Bertz CT molecular complexity index is 718. The number of aromatic nitrogens is 3. The summed E-state index contributed by atoms with van der Waals surface area (Å²) >= 11 is 5.53. The average molecular weight is 272 g/mol. The van der Waals surface area contributed by atoms with Gasteiger partial charge in [-0.3, -0.25) is 4.98 Å². The molecule has 0 saturated carbocycles. The molecule has 19 heavy (non-hydrogen) atoms. The van der Waals surface area contributed by atoms with Crippen molar-refractivity contribution < 1.29 is 4.74 Å². The summed E-state index contributed by atoms with van der Waals surface area (Å²) in [5.41, 5.74) is 1.70. The summed E-state index contributed by atoms with van der Waals surface area (Å²) in [6, 6.07) is 9.74. The minimum atomic E-state index is 0.0870. The van der Waals surface area contributed by atoms with Gasteiger partial charge in [0.15, 0.2) is 11.9 Å². The highest BCUT2D eigenvalue weighted by atomic mass is 35.5. The number of hydrogen-bond donors (Lipinski definition) is 0. The first-order chi connectivity index (χ1) is 9.36. The predicted molar refractivity (Wildman–Crippen MR) is 74.1 cm³/mol. The fourth-order valence-corrected chi connectivity index (χ4v) is 1.92. The Hall–Kier alpha value is -2.20. The molecule has 0 N–H and O–H groups in total. The Morgan fingerprint density at radius 3 is 2.89 bits per heavy atom. The molecule has 2 heterocycles. The van der Waals surface area contributed by atoms with E-state index in [0.717, 1.165) is 16.5 Å². The van der Waals surface area contributed by atoms with E-state index < -0.39 is 0 Å². The lowest BCUT2D eigenvalue weighted by molar-refractivity contribution is 0.386. The summed E-state index contributed by atoms with van der Waals surface area (Å²) in [5, 5.41) is 1.01. The van der Waals surface area contributed by atoms with Crippen molar-refractivity contribution in [1.82, 2.24) is 15.0 Å². The van der Waals surface area contributed by atoms with Gasteiger partial charge in [-0.15, -0.1) is 0 Å². The quantitative estimate of drug-likeness (QED) is 0.686. The number of halogens is 1. The van der Waals surface area contributed by atoms with Gasteiger partial charge in [-0.1, -0.05) is 29.8 Å². The Balaban J connectivity index is 2.05. The normalized spacial score (nSPS) is 10.6. The Kier molecular flexibility index (Phi) is 3.25. The van der Waals surface area contributed by atoms with Crippen LogP contribution in [0, 0.1) is 0 Å². The number of rotatable bonds is 3. The van der Waals surface area contributed by atoms with E-state index in [4.69, 9.17) is 16.3 Å². The van der Waals surface area contributed by atoms with Gasteiger partial charge in [-0.05, 0) is 12.1 Å². The number of pyridine rings is 1. The lowest BCUT2D eigenvalue weighted by Crippen LogP contribution is -1.93. The van der Waals surface area contributed by atoms with Crippen molar-refractivity contribution in [2.45, 2.75) is 0 Å². The van der Waals surface area contributed by atoms with Crippen LogP contribution in [0.25, 0.3) is 22.3 Å². The van der Waals surface area contributed by atoms with Gasteiger partial charge in [0.2, 0.25) is 0 Å². The Morgan fingerprint density at radius 2 is 2.00 bits per heavy atom. The van der Waals surface area contributed by atoms with E-state index in [9.17, 15) is 0 Å². The zero-order valence-electron chi connectivity index (χ0n) is 9.95. The summed E-state index contributed by atoms with van der Waals surface area (Å²) in [7, 11) is 0. The van der Waals surface area contributed by atoms with Gasteiger partial charge < -0.3 is 4.74 Å². The van der Waals surface area contributed by atoms with E-state index in [1.54, 1.807) is 18.6 Å². The van der Waals surface area contributed by atoms with Crippen LogP contribution in [0.1, 0.15) is 0 Å². The molecule has 3 rings (SSSR count). The third-order valence-electron chi connectivity index (χ3n) is 2.68. The highest BCUT2D eigenvalue weighted by Gasteiger charge is 2.05. The molecule has 0 bridgehead atoms. The van der Waals surface area contributed by atoms with Crippen molar-refractivity contribution >= 4 is 22.5 Å². The van der Waals surface area contributed by atoms with E-state index >= 15 is 0 Å². The standard InChI is InChI=1S/C14H10ClN3O/c15-9-19-12-5-11(6-16-8-12)14-17-7-10-3-1-2-4-13(10)18-14/h1-8H,9H2. The van der Waals surface area contributed by atoms with Crippen LogP contribution in [0.15, 0.2) is 48.9 Å². The average Bonchev–Trinajstić information content (AvgIpc) is 2.47. The molecular weight excluding hydrogens is 262 g/mol. The second-order valence-corrected chi connectivity index (χ2v) is 4.13. The van der Waals surface area contributed by atoms with Crippen LogP contribution in [0.5, 0.6) is 5.75 Å². The maximum Gasteiger partial charge on any atom is 0.162 e. The molecule has 0 aliphatic rings. The molecule has 2 aromatic heterocycles. The van der Waals surface area contributed by atoms with Crippen LogP contribution in [-0.2, 0) is 0 Å². The fourth-order valence-electron chi connectivity index (χ4n) is 1.79. The summed E-state index contributed by atoms with van der Waals surface area (Å²) in [6.07, 6.45) is 5.10. The molecular formula is C14H10ClN3O. The Labute approximate surface area is 115 Å². The minimum absolute atomic E-state index is 0.0870. The van der Waals surface area contributed by atoms with Crippen LogP contribution in [0.4, 0.5) is 0 Å². The zero-order chi connectivity index (χ0) is 13.1. The third kappa shape index (κ3) is 2.48. The molecule has 1 aromatic carbocycles. The first kappa shape index (κ1) is 11.9. The number of benzene rings is 1. The maximum absolute atomic E-state index is 5.53. The van der Waals surface area contributed by atoms with E-state index in [1.165, 1.54) is 0 Å². The molecule has 0 fully saturated rings. The second kappa shape index (κ2) is 5.20. The predicted octanol–water partition coefficient (Wildman–Crippen LogP) is 3.27. The molecule has 4 nitrogen and oxygen atoms in total. The van der Waals surface area contributed by atoms with Crippen LogP contribution in [0.2, 0.25) is 0 Å². The van der Waals surface area contributed by atoms with E-state index in [1.807, 2.05) is 30.3 Å². The SMILES string of the molecule is ClCOc1cncc(-c2ncc3ccccc3n2)c1. The summed E-state index contributed by atoms with van der Waals surface area (Å²) < 4.78 is 5.20. The van der Waals surface area contributed by atoms with Crippen LogP contribution in [-0.4, -0.2) is 21.0 Å². The topological polar surface area (TPSA) is 47.9 Å². The number of fused-ring (bicyclic) bond motifs is 1. The molecule has 0 unspecified atom stereocenters. The van der Waals surface area contributed by atoms with E-state index in [-0.39, 0.29) is 6.07 Å². The van der Waals surface area contributed by atoms with Gasteiger partial charge in [-0.2, -0.15) is 0 Å². The van der Waals surface area contributed by atoms with Gasteiger partial charge in [0.05, 0.1) is 11.7 Å². The second-order valence-electron chi connectivity index (χ2n) is 3.92. The smallest absolute Gasteiger partial charge is 0.162 e. The van der Waals surface area contributed by atoms with Crippen molar-refractivity contribution in [2.75, 3.05) is 6.07 Å². The summed E-state index contributed by atoms with van der Waals surface area (Å²) in [4.78, 5) is 12.9. The summed E-state index contributed by atoms with van der Waals surface area (Å²) in [6.45, 7) is 0. The van der Waals surface area contributed by atoms with E-state index in [2.05, 4.69) is 15.0 Å². The molecule has 5 heteroatoms. The molecule has 94 valence electrons. The largest absolute Gasteiger partial charge is 0.476 e. The first-order valence-corrected chi connectivity index (χ1v) is 6.26. The lowest BCUT2D eigenvalue weighted by atomic mass is 10.2. The number of hydrogen-bond acceptors (Lipinski definition) is 4. The van der Waals surface area contributed by atoms with Crippen molar-refractivity contribution in [1.29, 1.82) is 0 Å². The molecule has 0 radical (unpaired) electrons. The number of para-hydroxylation sites is 1. The molecule has 0 aliphatic heterocycles. The Morgan fingerprint density at radius 1 is 1.11 bits per heavy atom. The molecule has 0 atom stereocenters. The van der Waals surface area contributed by atoms with Gasteiger partial charge >= 0.3 is 0 Å². The molecule has 0 amide bonds. The minimum Gasteiger partial charge on any atom is -0.476 e. The van der Waals surface area contributed by atoms with Crippen molar-refractivity contribution in [2.24, 2.45) is 0 Å². The molecule has 0 aliphatic carbocycles. The van der Waals surface area contributed by atoms with Crippen LogP contribution < -0.4 is 4.74 Å². The van der Waals surface area contributed by atoms with Crippen molar-refractivity contribution in [3.8, 4) is 17.1 Å². The van der Waals surface area contributed by atoms with Gasteiger partial charge in [0.1, 0.15) is 5.75 Å². The highest BCUT2D eigenvalue weighted by molar-refractivity contribution is 6.17. The number of ether oxygens (including phenoxy) is 1. The number of nitrogens with zero attached hydrogens (tertiary/aromatic N) is 3. The van der Waals surface area contributed by atoms with Crippen molar-refractivity contribution in [3.63, 3.8) is 0 Å². The van der Waals surface area contributed by atoms with E-state index in [0.29, 0.717) is 11.6 Å². The van der Waals surface area contributed by atoms with Gasteiger partial charge in [0, 0.05) is 23.3 Å². The van der Waals surface area contributed by atoms with Crippen LogP contribution >= 0.6 is 11.6 Å². The molecule has 0 saturated heterocycles. The summed E-state index contributed by atoms with van der Waals surface area (Å²) in [5.74, 6) is 1.22. The third-order valence-corrected chi connectivity index (χ3v) is 2.79. The lowest BCUT2D eigenvalue weighted by Gasteiger charge is -2.04. The van der Waals surface area contributed by atoms with Gasteiger partial charge in [-0.25, -0.2) is 9.97 Å². The first-order valence-electron chi connectivity index (χ1n) is 5.73.